The highest BCUT2D eigenvalue weighted by atomic mass is 32.1. The fourth-order valence-corrected chi connectivity index (χ4v) is 2.29. The van der Waals surface area contributed by atoms with Gasteiger partial charge in [-0.3, -0.25) is 4.79 Å². The van der Waals surface area contributed by atoms with Crippen molar-refractivity contribution in [2.24, 2.45) is 0 Å². The van der Waals surface area contributed by atoms with Crippen LogP contribution in [0, 0.1) is 0 Å². The van der Waals surface area contributed by atoms with E-state index in [-0.39, 0.29) is 17.9 Å². The number of nitrogens with zero attached hydrogens (tertiary/aromatic N) is 1. The van der Waals surface area contributed by atoms with Crippen molar-refractivity contribution in [2.75, 3.05) is 20.3 Å². The van der Waals surface area contributed by atoms with Crippen molar-refractivity contribution in [1.82, 2.24) is 10.3 Å². The highest BCUT2D eigenvalue weighted by molar-refractivity contribution is 7.09. The number of ether oxygens (including phenoxy) is 1. The third-order valence-electron chi connectivity index (χ3n) is 2.26. The number of amides is 1. The van der Waals surface area contributed by atoms with Crippen LogP contribution in [-0.2, 0) is 21.4 Å². The van der Waals surface area contributed by atoms with E-state index >= 15 is 0 Å². The van der Waals surface area contributed by atoms with Gasteiger partial charge in [-0.25, -0.2) is 4.98 Å². The minimum atomic E-state index is -0.0832. The van der Waals surface area contributed by atoms with Gasteiger partial charge < -0.3 is 10.1 Å². The molecule has 0 spiro atoms. The number of thiazole rings is 1. The summed E-state index contributed by atoms with van der Waals surface area (Å²) in [5.41, 5.74) is 1.20. The van der Waals surface area contributed by atoms with E-state index in [1.165, 1.54) is 7.11 Å². The third kappa shape index (κ3) is 4.83. The normalized spacial score (nSPS) is 11.5. The molecular weight excluding hydrogens is 236 g/mol. The van der Waals surface area contributed by atoms with E-state index in [9.17, 15) is 4.79 Å². The number of aromatic nitrogens is 1. The average molecular weight is 256 g/mol. The summed E-state index contributed by atoms with van der Waals surface area (Å²) in [6, 6.07) is 0. The van der Waals surface area contributed by atoms with Crippen LogP contribution in [0.1, 0.15) is 31.5 Å². The summed E-state index contributed by atoms with van der Waals surface area (Å²) in [7, 11) is 1.51. The maximum Gasteiger partial charge on any atom is 0.245 e. The van der Waals surface area contributed by atoms with Gasteiger partial charge in [-0.15, -0.1) is 11.3 Å². The summed E-state index contributed by atoms with van der Waals surface area (Å²) in [5, 5.41) is 5.94. The van der Waals surface area contributed by atoms with Crippen LogP contribution in [-0.4, -0.2) is 31.2 Å². The van der Waals surface area contributed by atoms with Crippen LogP contribution in [0.4, 0.5) is 0 Å². The minimum Gasteiger partial charge on any atom is -0.375 e. The van der Waals surface area contributed by atoms with Crippen LogP contribution in [0.5, 0.6) is 0 Å². The van der Waals surface area contributed by atoms with Gasteiger partial charge >= 0.3 is 0 Å². The van der Waals surface area contributed by atoms with Crippen LogP contribution in [0.25, 0.3) is 0 Å². The summed E-state index contributed by atoms with van der Waals surface area (Å²) >= 11 is 1.65. The fraction of sp³-hybridized carbons (Fsp3) is 0.667. The van der Waals surface area contributed by atoms with Crippen LogP contribution in [0.15, 0.2) is 5.38 Å². The number of carbonyl (C=O) groups excluding carboxylic acids is 1. The Morgan fingerprint density at radius 2 is 2.24 bits per heavy atom. The molecule has 1 N–H and O–H groups in total. The van der Waals surface area contributed by atoms with Crippen molar-refractivity contribution in [1.29, 1.82) is 0 Å². The first-order chi connectivity index (χ1) is 7.93. The molecule has 0 radical (unpaired) electrons. The molecule has 1 rings (SSSR count). The second-order valence-corrected chi connectivity index (χ2v) is 5.85. The molecule has 1 amide bonds. The molecule has 1 heterocycles. The Morgan fingerprint density at radius 1 is 1.53 bits per heavy atom. The Labute approximate surface area is 106 Å². The van der Waals surface area contributed by atoms with E-state index in [0.717, 1.165) is 17.1 Å². The predicted octanol–water partition coefficient (Wildman–Crippen LogP) is 1.75. The Hall–Kier alpha value is -0.940. The van der Waals surface area contributed by atoms with Gasteiger partial charge in [0.2, 0.25) is 5.91 Å². The molecule has 96 valence electrons. The summed E-state index contributed by atoms with van der Waals surface area (Å²) in [6.07, 6.45) is 0.774. The first-order valence-corrected chi connectivity index (χ1v) is 6.52. The molecule has 17 heavy (non-hydrogen) atoms. The standard InChI is InChI=1S/C12H20N2O2S/c1-12(2,3)9-8-17-11(14-9)5-6-13-10(15)7-16-4/h8H,5-7H2,1-4H3,(H,13,15). The summed E-state index contributed by atoms with van der Waals surface area (Å²) in [6.45, 7) is 7.16. The van der Waals surface area contributed by atoms with Crippen molar-refractivity contribution < 1.29 is 9.53 Å². The molecule has 0 saturated heterocycles. The average Bonchev–Trinajstić information content (AvgIpc) is 2.66. The zero-order valence-corrected chi connectivity index (χ0v) is 11.7. The van der Waals surface area contributed by atoms with E-state index in [0.29, 0.717) is 6.54 Å². The lowest BCUT2D eigenvalue weighted by molar-refractivity contribution is -0.124. The topological polar surface area (TPSA) is 51.2 Å². The van der Waals surface area contributed by atoms with Gasteiger partial charge in [-0.1, -0.05) is 20.8 Å². The molecule has 0 aliphatic carbocycles. The van der Waals surface area contributed by atoms with Crippen LogP contribution in [0.2, 0.25) is 0 Å². The molecule has 0 bridgehead atoms. The largest absolute Gasteiger partial charge is 0.375 e. The lowest BCUT2D eigenvalue weighted by Gasteiger charge is -2.14. The molecular formula is C12H20N2O2S. The van der Waals surface area contributed by atoms with Crippen LogP contribution in [0.3, 0.4) is 0 Å². The minimum absolute atomic E-state index is 0.0832. The Morgan fingerprint density at radius 3 is 2.76 bits per heavy atom. The van der Waals surface area contributed by atoms with E-state index in [1.807, 2.05) is 0 Å². The van der Waals surface area contributed by atoms with Crippen LogP contribution < -0.4 is 5.32 Å². The highest BCUT2D eigenvalue weighted by Crippen LogP contribution is 2.23. The number of hydrogen-bond acceptors (Lipinski definition) is 4. The molecule has 0 aliphatic rings. The van der Waals surface area contributed by atoms with Gasteiger partial charge in [0.25, 0.3) is 0 Å². The molecule has 1 aromatic heterocycles. The van der Waals surface area contributed by atoms with Gasteiger partial charge in [0.1, 0.15) is 6.61 Å². The predicted molar refractivity (Wildman–Crippen MR) is 69.4 cm³/mol. The summed E-state index contributed by atoms with van der Waals surface area (Å²) in [4.78, 5) is 15.7. The monoisotopic (exact) mass is 256 g/mol. The number of carbonyl (C=O) groups is 1. The van der Waals surface area contributed by atoms with Crippen molar-refractivity contribution in [3.63, 3.8) is 0 Å². The van der Waals surface area contributed by atoms with Gasteiger partial charge in [0.15, 0.2) is 0 Å². The van der Waals surface area contributed by atoms with E-state index in [2.05, 4.69) is 36.5 Å². The van der Waals surface area contributed by atoms with Crippen molar-refractivity contribution in [2.45, 2.75) is 32.6 Å². The first kappa shape index (κ1) is 14.1. The zero-order valence-electron chi connectivity index (χ0n) is 10.9. The van der Waals surface area contributed by atoms with Crippen LogP contribution >= 0.6 is 11.3 Å². The van der Waals surface area contributed by atoms with E-state index < -0.39 is 0 Å². The van der Waals surface area contributed by atoms with Gasteiger partial charge in [0.05, 0.1) is 10.7 Å². The number of nitrogens with one attached hydrogen (secondary N) is 1. The Balaban J connectivity index is 2.38. The fourth-order valence-electron chi connectivity index (χ4n) is 1.26. The second kappa shape index (κ2) is 6.12. The molecule has 0 fully saturated rings. The summed E-state index contributed by atoms with van der Waals surface area (Å²) in [5.74, 6) is -0.0832. The van der Waals surface area contributed by atoms with E-state index in [4.69, 9.17) is 4.74 Å². The lowest BCUT2D eigenvalue weighted by atomic mass is 9.93. The first-order valence-electron chi connectivity index (χ1n) is 5.64. The molecule has 0 saturated carbocycles. The van der Waals surface area contributed by atoms with Crippen molar-refractivity contribution >= 4 is 17.2 Å². The third-order valence-corrected chi connectivity index (χ3v) is 3.17. The lowest BCUT2D eigenvalue weighted by Crippen LogP contribution is -2.29. The molecule has 0 aromatic carbocycles. The molecule has 1 aromatic rings. The smallest absolute Gasteiger partial charge is 0.245 e. The number of methoxy groups -OCH3 is 1. The maximum atomic E-state index is 11.1. The number of rotatable bonds is 5. The summed E-state index contributed by atoms with van der Waals surface area (Å²) < 4.78 is 4.73. The SMILES string of the molecule is COCC(=O)NCCc1nc(C(C)(C)C)cs1. The zero-order chi connectivity index (χ0) is 12.9. The molecule has 0 aliphatic heterocycles. The maximum absolute atomic E-state index is 11.1. The quantitative estimate of drug-likeness (QED) is 0.873. The molecule has 5 heteroatoms. The molecule has 0 unspecified atom stereocenters. The second-order valence-electron chi connectivity index (χ2n) is 4.91. The van der Waals surface area contributed by atoms with Gasteiger partial charge in [0, 0.05) is 30.9 Å². The van der Waals surface area contributed by atoms with Gasteiger partial charge in [-0.05, 0) is 0 Å². The van der Waals surface area contributed by atoms with Gasteiger partial charge in [-0.2, -0.15) is 0 Å². The number of hydrogen-bond donors (Lipinski definition) is 1. The molecule has 0 atom stereocenters. The molecule has 4 nitrogen and oxygen atoms in total. The highest BCUT2D eigenvalue weighted by Gasteiger charge is 2.17. The van der Waals surface area contributed by atoms with Crippen molar-refractivity contribution in [3.05, 3.63) is 16.1 Å². The van der Waals surface area contributed by atoms with E-state index in [1.54, 1.807) is 11.3 Å². The Bertz CT molecular complexity index is 369. The van der Waals surface area contributed by atoms with Crippen molar-refractivity contribution in [3.8, 4) is 0 Å². The Kier molecular flexibility index (Phi) is 5.08.